The molecule has 0 radical (unpaired) electrons. The number of hydrogen-bond acceptors (Lipinski definition) is 3. The molecule has 0 spiro atoms. The lowest BCUT2D eigenvalue weighted by Crippen LogP contribution is -2.28. The molecule has 272 valence electrons. The standard InChI is InChI=1S/C55H35NS2/c1-3-19-40(20-4-1)55(41-21-5-2-6-22-41)46-31-28-37-16-9-11-23-44(37)52(46)53-47(55)34-39-18-10-12-24-45(39)54(53)56(42-29-27-36-15-7-8-17-38(36)33-42)43-30-32-50-51(35-43)58-49-26-14-13-25-48(49)57-50/h1-35H. The molecule has 1 nitrogen and oxygen atoms in total. The van der Waals surface area contributed by atoms with Gasteiger partial charge in [0.25, 0.3) is 0 Å². The molecular weight excluding hydrogens is 739 g/mol. The van der Waals surface area contributed by atoms with Gasteiger partial charge in [0.15, 0.2) is 0 Å². The SMILES string of the molecule is c1ccc(C2(c3ccccc3)c3cc4ccccc4c(N(c4ccc5c(c4)Sc4ccccc4S5)c4ccc5ccccc5c4)c3-c3c2ccc2ccccc32)cc1. The number of nitrogens with zero attached hydrogens (tertiary/aromatic N) is 1. The van der Waals surface area contributed by atoms with Crippen LogP contribution in [-0.4, -0.2) is 0 Å². The van der Waals surface area contributed by atoms with Gasteiger partial charge in [-0.05, 0) is 103 Å². The third kappa shape index (κ3) is 5.00. The summed E-state index contributed by atoms with van der Waals surface area (Å²) in [6.45, 7) is 0. The van der Waals surface area contributed by atoms with Gasteiger partial charge in [-0.25, -0.2) is 0 Å². The fourth-order valence-electron chi connectivity index (χ4n) is 9.65. The Morgan fingerprint density at radius 2 is 0.862 bits per heavy atom. The van der Waals surface area contributed by atoms with Gasteiger partial charge in [0.05, 0.1) is 11.1 Å². The summed E-state index contributed by atoms with van der Waals surface area (Å²) < 4.78 is 0. The molecule has 10 aromatic carbocycles. The first kappa shape index (κ1) is 33.6. The fourth-order valence-corrected chi connectivity index (χ4v) is 11.9. The van der Waals surface area contributed by atoms with Gasteiger partial charge in [0.1, 0.15) is 0 Å². The first-order valence-electron chi connectivity index (χ1n) is 19.8. The molecule has 0 N–H and O–H groups in total. The third-order valence-corrected chi connectivity index (χ3v) is 14.7. The van der Waals surface area contributed by atoms with Crippen LogP contribution in [0.3, 0.4) is 0 Å². The van der Waals surface area contributed by atoms with Crippen LogP contribution in [-0.2, 0) is 5.41 Å². The van der Waals surface area contributed by atoms with Gasteiger partial charge in [0, 0.05) is 41.9 Å². The molecule has 58 heavy (non-hydrogen) atoms. The molecular formula is C55H35NS2. The molecule has 1 aliphatic heterocycles. The Balaban J connectivity index is 1.25. The Hall–Kier alpha value is -6.52. The highest BCUT2D eigenvalue weighted by atomic mass is 32.2. The van der Waals surface area contributed by atoms with Crippen LogP contribution in [0.1, 0.15) is 22.3 Å². The van der Waals surface area contributed by atoms with Crippen molar-refractivity contribution >= 4 is 72.9 Å². The van der Waals surface area contributed by atoms with Crippen LogP contribution in [0.2, 0.25) is 0 Å². The number of hydrogen-bond donors (Lipinski definition) is 0. The van der Waals surface area contributed by atoms with E-state index in [2.05, 4.69) is 217 Å². The molecule has 1 aliphatic carbocycles. The molecule has 3 heteroatoms. The van der Waals surface area contributed by atoms with E-state index in [1.54, 1.807) is 0 Å². The van der Waals surface area contributed by atoms with Crippen LogP contribution >= 0.6 is 23.5 Å². The quantitative estimate of drug-likeness (QED) is 0.171. The van der Waals surface area contributed by atoms with Crippen LogP contribution in [0.15, 0.2) is 232 Å². The zero-order valence-corrected chi connectivity index (χ0v) is 33.1. The molecule has 0 saturated carbocycles. The zero-order chi connectivity index (χ0) is 38.2. The minimum atomic E-state index is -0.572. The summed E-state index contributed by atoms with van der Waals surface area (Å²) in [6.07, 6.45) is 0. The van der Waals surface area contributed by atoms with E-state index in [1.807, 2.05) is 23.5 Å². The summed E-state index contributed by atoms with van der Waals surface area (Å²) in [5.41, 5.74) is 10.6. The first-order valence-corrected chi connectivity index (χ1v) is 21.5. The van der Waals surface area contributed by atoms with Crippen LogP contribution < -0.4 is 4.90 Å². The van der Waals surface area contributed by atoms with E-state index >= 15 is 0 Å². The van der Waals surface area contributed by atoms with Crippen molar-refractivity contribution in [1.29, 1.82) is 0 Å². The topological polar surface area (TPSA) is 3.24 Å². The van der Waals surface area contributed by atoms with E-state index in [0.29, 0.717) is 0 Å². The average molecular weight is 774 g/mol. The van der Waals surface area contributed by atoms with Crippen molar-refractivity contribution in [3.8, 4) is 11.1 Å². The number of benzene rings is 10. The molecule has 2 aliphatic rings. The lowest BCUT2D eigenvalue weighted by atomic mass is 9.67. The van der Waals surface area contributed by atoms with Gasteiger partial charge in [-0.2, -0.15) is 0 Å². The summed E-state index contributed by atoms with van der Waals surface area (Å²) in [7, 11) is 0. The summed E-state index contributed by atoms with van der Waals surface area (Å²) in [6, 6.07) is 79.1. The molecule has 0 saturated heterocycles. The highest BCUT2D eigenvalue weighted by molar-refractivity contribution is 8.05. The molecule has 1 heterocycles. The van der Waals surface area contributed by atoms with Gasteiger partial charge in [0.2, 0.25) is 0 Å². The molecule has 10 aromatic rings. The summed E-state index contributed by atoms with van der Waals surface area (Å²) in [5, 5.41) is 7.38. The van der Waals surface area contributed by atoms with Crippen molar-refractivity contribution in [3.05, 3.63) is 235 Å². The highest BCUT2D eigenvalue weighted by Crippen LogP contribution is 2.63. The predicted octanol–water partition coefficient (Wildman–Crippen LogP) is 15.6. The van der Waals surface area contributed by atoms with Crippen molar-refractivity contribution < 1.29 is 0 Å². The number of rotatable bonds is 5. The maximum Gasteiger partial charge on any atom is 0.0714 e. The molecule has 0 aromatic heterocycles. The van der Waals surface area contributed by atoms with Gasteiger partial charge in [-0.3, -0.25) is 0 Å². The fraction of sp³-hybridized carbons (Fsp3) is 0.0182. The van der Waals surface area contributed by atoms with Gasteiger partial charge < -0.3 is 4.90 Å². The van der Waals surface area contributed by atoms with E-state index < -0.39 is 5.41 Å². The monoisotopic (exact) mass is 773 g/mol. The molecule has 0 bridgehead atoms. The molecule has 12 rings (SSSR count). The van der Waals surface area contributed by atoms with Crippen LogP contribution in [0.25, 0.3) is 43.4 Å². The third-order valence-electron chi connectivity index (χ3n) is 12.1. The highest BCUT2D eigenvalue weighted by Gasteiger charge is 2.48. The summed E-state index contributed by atoms with van der Waals surface area (Å²) in [4.78, 5) is 7.75. The van der Waals surface area contributed by atoms with E-state index in [4.69, 9.17) is 0 Å². The van der Waals surface area contributed by atoms with Gasteiger partial charge >= 0.3 is 0 Å². The Morgan fingerprint density at radius 1 is 0.328 bits per heavy atom. The van der Waals surface area contributed by atoms with Crippen LogP contribution in [0.4, 0.5) is 17.1 Å². The second-order valence-corrected chi connectivity index (χ2v) is 17.4. The van der Waals surface area contributed by atoms with Crippen molar-refractivity contribution in [2.45, 2.75) is 25.0 Å². The maximum absolute atomic E-state index is 2.57. The minimum absolute atomic E-state index is 0.572. The van der Waals surface area contributed by atoms with Crippen molar-refractivity contribution in [3.63, 3.8) is 0 Å². The minimum Gasteiger partial charge on any atom is -0.309 e. The Morgan fingerprint density at radius 3 is 1.60 bits per heavy atom. The molecule has 0 amide bonds. The summed E-state index contributed by atoms with van der Waals surface area (Å²) >= 11 is 3.74. The largest absolute Gasteiger partial charge is 0.309 e. The van der Waals surface area contributed by atoms with Gasteiger partial charge in [-0.15, -0.1) is 0 Å². The first-order chi connectivity index (χ1) is 28.8. The smallest absolute Gasteiger partial charge is 0.0714 e. The van der Waals surface area contributed by atoms with Crippen LogP contribution in [0, 0.1) is 0 Å². The lowest BCUT2D eigenvalue weighted by molar-refractivity contribution is 0.770. The van der Waals surface area contributed by atoms with E-state index in [0.717, 1.165) is 11.4 Å². The average Bonchev–Trinajstić information content (AvgIpc) is 3.59. The second kappa shape index (κ2) is 13.3. The number of anilines is 3. The Bertz CT molecular complexity index is 3200. The second-order valence-electron chi connectivity index (χ2n) is 15.2. The number of fused-ring (bicyclic) bond motifs is 9. The summed E-state index contributed by atoms with van der Waals surface area (Å²) in [5.74, 6) is 0. The lowest BCUT2D eigenvalue weighted by Gasteiger charge is -2.35. The van der Waals surface area contributed by atoms with Crippen molar-refractivity contribution in [1.82, 2.24) is 0 Å². The van der Waals surface area contributed by atoms with Gasteiger partial charge in [-0.1, -0.05) is 187 Å². The Kier molecular flexibility index (Phi) is 7.69. The van der Waals surface area contributed by atoms with E-state index in [9.17, 15) is 0 Å². The molecule has 0 unspecified atom stereocenters. The Labute approximate surface area is 346 Å². The van der Waals surface area contributed by atoms with Crippen LogP contribution in [0.5, 0.6) is 0 Å². The normalized spacial score (nSPS) is 13.5. The van der Waals surface area contributed by atoms with Crippen molar-refractivity contribution in [2.24, 2.45) is 0 Å². The molecule has 0 fully saturated rings. The predicted molar refractivity (Wildman–Crippen MR) is 246 cm³/mol. The zero-order valence-electron chi connectivity index (χ0n) is 31.5. The molecule has 0 atom stereocenters. The van der Waals surface area contributed by atoms with Crippen molar-refractivity contribution in [2.75, 3.05) is 4.90 Å². The van der Waals surface area contributed by atoms with E-state index in [-0.39, 0.29) is 0 Å². The van der Waals surface area contributed by atoms with E-state index in [1.165, 1.54) is 91.0 Å². The maximum atomic E-state index is 2.57.